The minimum atomic E-state index is -0.781. The van der Waals surface area contributed by atoms with Crippen molar-refractivity contribution >= 4 is 11.9 Å². The summed E-state index contributed by atoms with van der Waals surface area (Å²) in [6.07, 6.45) is 0.979. The fourth-order valence-electron chi connectivity index (χ4n) is 2.54. The smallest absolute Gasteiger partial charge is 0.306 e. The van der Waals surface area contributed by atoms with Gasteiger partial charge in [-0.2, -0.15) is 0 Å². The van der Waals surface area contributed by atoms with Crippen molar-refractivity contribution in [3.05, 3.63) is 0 Å². The number of rotatable bonds is 1. The van der Waals surface area contributed by atoms with Gasteiger partial charge in [0.25, 0.3) is 0 Å². The van der Waals surface area contributed by atoms with Gasteiger partial charge in [-0.05, 0) is 12.8 Å². The van der Waals surface area contributed by atoms with Gasteiger partial charge in [-0.1, -0.05) is 0 Å². The second-order valence-corrected chi connectivity index (χ2v) is 4.20. The number of carboxylic acid groups (broad SMARTS) is 1. The molecule has 2 aliphatic rings. The van der Waals surface area contributed by atoms with Gasteiger partial charge in [-0.3, -0.25) is 9.59 Å². The van der Waals surface area contributed by atoms with E-state index in [2.05, 4.69) is 0 Å². The number of aliphatic carboxylic acids is 1. The highest BCUT2D eigenvalue weighted by Crippen LogP contribution is 2.34. The monoisotopic (exact) mass is 213 g/mol. The van der Waals surface area contributed by atoms with Gasteiger partial charge in [0.15, 0.2) is 0 Å². The van der Waals surface area contributed by atoms with E-state index in [9.17, 15) is 9.59 Å². The number of carbonyl (C=O) groups excluding carboxylic acids is 1. The lowest BCUT2D eigenvalue weighted by Gasteiger charge is -2.36. The van der Waals surface area contributed by atoms with Gasteiger partial charge < -0.3 is 14.7 Å². The molecule has 1 amide bonds. The number of morpholine rings is 1. The number of carboxylic acids is 1. The van der Waals surface area contributed by atoms with Gasteiger partial charge in [0, 0.05) is 13.5 Å². The van der Waals surface area contributed by atoms with Crippen molar-refractivity contribution in [1.29, 1.82) is 0 Å². The Balaban J connectivity index is 2.10. The third kappa shape index (κ3) is 1.84. The number of hydrogen-bond acceptors (Lipinski definition) is 3. The molecule has 84 valence electrons. The molecule has 15 heavy (non-hydrogen) atoms. The van der Waals surface area contributed by atoms with Crippen LogP contribution < -0.4 is 0 Å². The summed E-state index contributed by atoms with van der Waals surface area (Å²) in [5.74, 6) is -1.13. The molecule has 2 fully saturated rings. The Labute approximate surface area is 88.0 Å². The first-order valence-electron chi connectivity index (χ1n) is 5.21. The van der Waals surface area contributed by atoms with E-state index in [4.69, 9.17) is 9.84 Å². The topological polar surface area (TPSA) is 66.8 Å². The van der Waals surface area contributed by atoms with Crippen LogP contribution in [0.4, 0.5) is 0 Å². The van der Waals surface area contributed by atoms with E-state index in [0.717, 1.165) is 0 Å². The van der Waals surface area contributed by atoms with Crippen molar-refractivity contribution in [2.45, 2.75) is 31.9 Å². The standard InChI is InChI=1S/C10H15NO4/c1-6(12)11-2-3-15-9-5-7(10(13)14)4-8(9)11/h7-9H,2-5H2,1H3,(H,13,14)/t7?,8-,9+/m0/s1. The Morgan fingerprint density at radius 1 is 1.40 bits per heavy atom. The molecule has 0 aromatic rings. The number of carbonyl (C=O) groups is 2. The van der Waals surface area contributed by atoms with Gasteiger partial charge in [0.2, 0.25) is 5.91 Å². The van der Waals surface area contributed by atoms with E-state index < -0.39 is 5.97 Å². The van der Waals surface area contributed by atoms with Crippen LogP contribution in [-0.4, -0.2) is 47.2 Å². The summed E-state index contributed by atoms with van der Waals surface area (Å²) in [5.41, 5.74) is 0. The minimum Gasteiger partial charge on any atom is -0.481 e. The van der Waals surface area contributed by atoms with Crippen LogP contribution in [0.5, 0.6) is 0 Å². The molecule has 0 aromatic heterocycles. The number of nitrogens with zero attached hydrogens (tertiary/aromatic N) is 1. The predicted octanol–water partition coefficient (Wildman–Crippen LogP) is 0.0969. The molecular formula is C10H15NO4. The Kier molecular flexibility index (Phi) is 2.65. The first-order valence-corrected chi connectivity index (χ1v) is 5.21. The third-order valence-corrected chi connectivity index (χ3v) is 3.29. The number of hydrogen-bond donors (Lipinski definition) is 1. The summed E-state index contributed by atoms with van der Waals surface area (Å²) in [5, 5.41) is 8.93. The van der Waals surface area contributed by atoms with Crippen molar-refractivity contribution in [2.75, 3.05) is 13.2 Å². The fraction of sp³-hybridized carbons (Fsp3) is 0.800. The molecule has 0 bridgehead atoms. The maximum Gasteiger partial charge on any atom is 0.306 e. The molecule has 1 heterocycles. The van der Waals surface area contributed by atoms with E-state index >= 15 is 0 Å². The van der Waals surface area contributed by atoms with Crippen LogP contribution in [0.2, 0.25) is 0 Å². The Morgan fingerprint density at radius 3 is 2.73 bits per heavy atom. The summed E-state index contributed by atoms with van der Waals surface area (Å²) in [4.78, 5) is 24.0. The second kappa shape index (κ2) is 3.81. The number of ether oxygens (including phenoxy) is 1. The van der Waals surface area contributed by atoms with Crippen LogP contribution >= 0.6 is 0 Å². The molecular weight excluding hydrogens is 198 g/mol. The molecule has 1 saturated carbocycles. The molecule has 1 aliphatic heterocycles. The quantitative estimate of drug-likeness (QED) is 0.670. The largest absolute Gasteiger partial charge is 0.481 e. The normalized spacial score (nSPS) is 35.0. The zero-order chi connectivity index (χ0) is 11.0. The maximum atomic E-state index is 11.3. The molecule has 0 radical (unpaired) electrons. The van der Waals surface area contributed by atoms with Crippen LogP contribution in [0.1, 0.15) is 19.8 Å². The summed E-state index contributed by atoms with van der Waals surface area (Å²) in [6, 6.07) is -0.0302. The molecule has 0 spiro atoms. The molecule has 1 aliphatic carbocycles. The highest BCUT2D eigenvalue weighted by atomic mass is 16.5. The molecule has 5 nitrogen and oxygen atoms in total. The lowest BCUT2D eigenvalue weighted by molar-refractivity contribution is -0.142. The van der Waals surface area contributed by atoms with Crippen molar-refractivity contribution in [3.8, 4) is 0 Å². The Morgan fingerprint density at radius 2 is 2.13 bits per heavy atom. The molecule has 1 unspecified atom stereocenters. The number of amides is 1. The summed E-state index contributed by atoms with van der Waals surface area (Å²) in [6.45, 7) is 2.63. The van der Waals surface area contributed by atoms with E-state index in [0.29, 0.717) is 26.0 Å². The highest BCUT2D eigenvalue weighted by Gasteiger charge is 2.44. The second-order valence-electron chi connectivity index (χ2n) is 4.20. The van der Waals surface area contributed by atoms with Gasteiger partial charge in [-0.25, -0.2) is 0 Å². The zero-order valence-electron chi connectivity index (χ0n) is 8.68. The summed E-state index contributed by atoms with van der Waals surface area (Å²) >= 11 is 0. The lowest BCUT2D eigenvalue weighted by Crippen LogP contribution is -2.50. The average molecular weight is 213 g/mol. The average Bonchev–Trinajstić information content (AvgIpc) is 2.60. The van der Waals surface area contributed by atoms with Crippen LogP contribution in [0.15, 0.2) is 0 Å². The van der Waals surface area contributed by atoms with Crippen molar-refractivity contribution in [1.82, 2.24) is 4.90 Å². The highest BCUT2D eigenvalue weighted by molar-refractivity contribution is 5.75. The van der Waals surface area contributed by atoms with Crippen molar-refractivity contribution < 1.29 is 19.4 Å². The van der Waals surface area contributed by atoms with Crippen LogP contribution in [-0.2, 0) is 14.3 Å². The molecule has 3 atom stereocenters. The van der Waals surface area contributed by atoms with Gasteiger partial charge >= 0.3 is 5.97 Å². The third-order valence-electron chi connectivity index (χ3n) is 3.29. The summed E-state index contributed by atoms with van der Waals surface area (Å²) in [7, 11) is 0. The first-order chi connectivity index (χ1) is 7.09. The SMILES string of the molecule is CC(=O)N1CCO[C@@H]2CC(C(=O)O)C[C@@H]21. The van der Waals surface area contributed by atoms with Gasteiger partial charge in [-0.15, -0.1) is 0 Å². The molecule has 5 heteroatoms. The van der Waals surface area contributed by atoms with Crippen LogP contribution in [0, 0.1) is 5.92 Å². The van der Waals surface area contributed by atoms with E-state index in [1.807, 2.05) is 0 Å². The lowest BCUT2D eigenvalue weighted by atomic mass is 10.1. The molecule has 1 saturated heterocycles. The van der Waals surface area contributed by atoms with E-state index in [1.54, 1.807) is 4.90 Å². The van der Waals surface area contributed by atoms with Gasteiger partial charge in [0.05, 0.1) is 24.7 Å². The molecule has 1 N–H and O–H groups in total. The van der Waals surface area contributed by atoms with Crippen molar-refractivity contribution in [2.24, 2.45) is 5.92 Å². The minimum absolute atomic E-state index is 0.0133. The Hall–Kier alpha value is -1.10. The summed E-state index contributed by atoms with van der Waals surface area (Å²) < 4.78 is 5.51. The van der Waals surface area contributed by atoms with Crippen molar-refractivity contribution in [3.63, 3.8) is 0 Å². The zero-order valence-corrected chi connectivity index (χ0v) is 8.68. The maximum absolute atomic E-state index is 11.3. The van der Waals surface area contributed by atoms with Gasteiger partial charge in [0.1, 0.15) is 0 Å². The fourth-order valence-corrected chi connectivity index (χ4v) is 2.54. The first kappa shape index (κ1) is 10.4. The molecule has 0 aromatic carbocycles. The van der Waals surface area contributed by atoms with E-state index in [1.165, 1.54) is 6.92 Å². The number of fused-ring (bicyclic) bond motifs is 1. The van der Waals surface area contributed by atoms with E-state index in [-0.39, 0.29) is 24.0 Å². The molecule has 2 rings (SSSR count). The predicted molar refractivity (Wildman–Crippen MR) is 51.3 cm³/mol. The Bertz CT molecular complexity index is 291. The van der Waals surface area contributed by atoms with Crippen LogP contribution in [0.3, 0.4) is 0 Å². The van der Waals surface area contributed by atoms with Crippen LogP contribution in [0.25, 0.3) is 0 Å².